The van der Waals surface area contributed by atoms with Crippen LogP contribution in [0.3, 0.4) is 0 Å². The standard InChI is InChI=1S/C17H23N3/c1-12(2)13-5-7-16(8-6-13)20-17(14-3-4-14)11-15(19-20)9-10-18/h5-8,11-12,14H,3-4,9-10,18H2,1-2H3. The van der Waals surface area contributed by atoms with Crippen molar-refractivity contribution in [3.05, 3.63) is 47.3 Å². The molecule has 1 aromatic carbocycles. The molecule has 1 aromatic heterocycles. The molecule has 1 aliphatic rings. The lowest BCUT2D eigenvalue weighted by Gasteiger charge is -2.09. The third-order valence-electron chi connectivity index (χ3n) is 3.99. The Morgan fingerprint density at radius 1 is 1.25 bits per heavy atom. The fourth-order valence-electron chi connectivity index (χ4n) is 2.59. The van der Waals surface area contributed by atoms with Crippen LogP contribution in [0.5, 0.6) is 0 Å². The van der Waals surface area contributed by atoms with Crippen molar-refractivity contribution in [3.63, 3.8) is 0 Å². The summed E-state index contributed by atoms with van der Waals surface area (Å²) in [6.07, 6.45) is 3.44. The van der Waals surface area contributed by atoms with Gasteiger partial charge < -0.3 is 5.73 Å². The molecule has 1 aliphatic carbocycles. The van der Waals surface area contributed by atoms with Crippen LogP contribution < -0.4 is 5.73 Å². The first-order valence-electron chi connectivity index (χ1n) is 7.58. The zero-order valence-electron chi connectivity index (χ0n) is 12.3. The van der Waals surface area contributed by atoms with E-state index >= 15 is 0 Å². The molecular formula is C17H23N3. The normalized spacial score (nSPS) is 15.0. The van der Waals surface area contributed by atoms with Gasteiger partial charge in [0.1, 0.15) is 0 Å². The van der Waals surface area contributed by atoms with E-state index in [4.69, 9.17) is 10.8 Å². The van der Waals surface area contributed by atoms with Gasteiger partial charge in [0.15, 0.2) is 0 Å². The molecule has 0 atom stereocenters. The molecule has 2 N–H and O–H groups in total. The maximum atomic E-state index is 5.65. The summed E-state index contributed by atoms with van der Waals surface area (Å²) in [4.78, 5) is 0. The molecule has 3 rings (SSSR count). The lowest BCUT2D eigenvalue weighted by Crippen LogP contribution is -2.05. The van der Waals surface area contributed by atoms with Crippen LogP contribution in [-0.2, 0) is 6.42 Å². The van der Waals surface area contributed by atoms with Crippen LogP contribution in [-0.4, -0.2) is 16.3 Å². The average Bonchev–Trinajstić information content (AvgIpc) is 3.21. The summed E-state index contributed by atoms with van der Waals surface area (Å²) in [5.41, 5.74) is 10.7. The number of benzene rings is 1. The summed E-state index contributed by atoms with van der Waals surface area (Å²) < 4.78 is 2.12. The SMILES string of the molecule is CC(C)c1ccc(-n2nc(CCN)cc2C2CC2)cc1. The Balaban J connectivity index is 1.95. The first kappa shape index (κ1) is 13.4. The van der Waals surface area contributed by atoms with Gasteiger partial charge in [0.05, 0.1) is 11.4 Å². The van der Waals surface area contributed by atoms with Crippen molar-refractivity contribution in [2.45, 2.75) is 44.9 Å². The van der Waals surface area contributed by atoms with E-state index in [1.807, 2.05) is 0 Å². The minimum Gasteiger partial charge on any atom is -0.330 e. The Morgan fingerprint density at radius 2 is 1.95 bits per heavy atom. The molecule has 2 aromatic rings. The largest absolute Gasteiger partial charge is 0.330 e. The quantitative estimate of drug-likeness (QED) is 0.904. The first-order chi connectivity index (χ1) is 9.69. The molecule has 1 fully saturated rings. The Morgan fingerprint density at radius 3 is 2.50 bits per heavy atom. The summed E-state index contributed by atoms with van der Waals surface area (Å²) >= 11 is 0. The Kier molecular flexibility index (Phi) is 3.62. The summed E-state index contributed by atoms with van der Waals surface area (Å²) in [6.45, 7) is 5.10. The van der Waals surface area contributed by atoms with Crippen molar-refractivity contribution in [2.75, 3.05) is 6.54 Å². The van der Waals surface area contributed by atoms with Crippen LogP contribution >= 0.6 is 0 Å². The van der Waals surface area contributed by atoms with Crippen molar-refractivity contribution in [1.29, 1.82) is 0 Å². The maximum absolute atomic E-state index is 5.65. The molecule has 0 amide bonds. The van der Waals surface area contributed by atoms with E-state index < -0.39 is 0 Å². The Bertz CT molecular complexity index is 577. The van der Waals surface area contributed by atoms with Gasteiger partial charge in [-0.3, -0.25) is 0 Å². The Hall–Kier alpha value is -1.61. The highest BCUT2D eigenvalue weighted by molar-refractivity contribution is 5.38. The van der Waals surface area contributed by atoms with Gasteiger partial charge in [-0.15, -0.1) is 0 Å². The molecule has 0 saturated heterocycles. The maximum Gasteiger partial charge on any atom is 0.0649 e. The van der Waals surface area contributed by atoms with Gasteiger partial charge in [-0.2, -0.15) is 5.10 Å². The molecule has 0 unspecified atom stereocenters. The summed E-state index contributed by atoms with van der Waals surface area (Å²) in [5.74, 6) is 1.26. The van der Waals surface area contributed by atoms with Gasteiger partial charge in [-0.25, -0.2) is 4.68 Å². The van der Waals surface area contributed by atoms with Gasteiger partial charge in [0.2, 0.25) is 0 Å². The fraction of sp³-hybridized carbons (Fsp3) is 0.471. The second-order valence-corrected chi connectivity index (χ2v) is 6.03. The van der Waals surface area contributed by atoms with E-state index in [0.717, 1.165) is 12.1 Å². The minimum atomic E-state index is 0.567. The van der Waals surface area contributed by atoms with E-state index in [-0.39, 0.29) is 0 Å². The monoisotopic (exact) mass is 269 g/mol. The second kappa shape index (κ2) is 5.41. The van der Waals surface area contributed by atoms with E-state index in [2.05, 4.69) is 48.9 Å². The molecule has 0 aliphatic heterocycles. The highest BCUT2D eigenvalue weighted by Crippen LogP contribution is 2.41. The third-order valence-corrected chi connectivity index (χ3v) is 3.99. The van der Waals surface area contributed by atoms with E-state index in [1.165, 1.54) is 29.8 Å². The van der Waals surface area contributed by atoms with Crippen LogP contribution in [0.1, 0.15) is 55.5 Å². The fourth-order valence-corrected chi connectivity index (χ4v) is 2.59. The van der Waals surface area contributed by atoms with E-state index in [1.54, 1.807) is 0 Å². The van der Waals surface area contributed by atoms with Crippen LogP contribution in [0.25, 0.3) is 5.69 Å². The molecule has 1 heterocycles. The minimum absolute atomic E-state index is 0.567. The van der Waals surface area contributed by atoms with Crippen molar-refractivity contribution in [3.8, 4) is 5.69 Å². The molecule has 3 nitrogen and oxygen atoms in total. The topological polar surface area (TPSA) is 43.8 Å². The van der Waals surface area contributed by atoms with E-state index in [0.29, 0.717) is 18.4 Å². The van der Waals surface area contributed by atoms with Gasteiger partial charge in [-0.1, -0.05) is 26.0 Å². The Labute approximate surface area is 120 Å². The number of nitrogens with zero attached hydrogens (tertiary/aromatic N) is 2. The summed E-state index contributed by atoms with van der Waals surface area (Å²) in [7, 11) is 0. The first-order valence-corrected chi connectivity index (χ1v) is 7.58. The summed E-state index contributed by atoms with van der Waals surface area (Å²) in [5, 5.41) is 4.74. The van der Waals surface area contributed by atoms with Gasteiger partial charge in [-0.05, 0) is 49.1 Å². The summed E-state index contributed by atoms with van der Waals surface area (Å²) in [6, 6.07) is 11.0. The van der Waals surface area contributed by atoms with Crippen LogP contribution in [0.15, 0.2) is 30.3 Å². The zero-order chi connectivity index (χ0) is 14.1. The van der Waals surface area contributed by atoms with Crippen molar-refractivity contribution in [2.24, 2.45) is 5.73 Å². The number of nitrogens with two attached hydrogens (primary N) is 1. The highest BCUT2D eigenvalue weighted by atomic mass is 15.3. The molecule has 1 saturated carbocycles. The number of aromatic nitrogens is 2. The van der Waals surface area contributed by atoms with Crippen LogP contribution in [0, 0.1) is 0 Å². The van der Waals surface area contributed by atoms with Crippen LogP contribution in [0.4, 0.5) is 0 Å². The number of rotatable bonds is 5. The molecule has 3 heteroatoms. The van der Waals surface area contributed by atoms with Crippen molar-refractivity contribution in [1.82, 2.24) is 9.78 Å². The van der Waals surface area contributed by atoms with Gasteiger partial charge in [0.25, 0.3) is 0 Å². The van der Waals surface area contributed by atoms with E-state index in [9.17, 15) is 0 Å². The smallest absolute Gasteiger partial charge is 0.0649 e. The molecule has 20 heavy (non-hydrogen) atoms. The highest BCUT2D eigenvalue weighted by Gasteiger charge is 2.28. The van der Waals surface area contributed by atoms with Crippen molar-refractivity contribution < 1.29 is 0 Å². The molecular weight excluding hydrogens is 246 g/mol. The van der Waals surface area contributed by atoms with Crippen molar-refractivity contribution >= 4 is 0 Å². The zero-order valence-corrected chi connectivity index (χ0v) is 12.3. The lowest BCUT2D eigenvalue weighted by molar-refractivity contribution is 0.779. The van der Waals surface area contributed by atoms with Crippen LogP contribution in [0.2, 0.25) is 0 Å². The lowest BCUT2D eigenvalue weighted by atomic mass is 10.0. The predicted molar refractivity (Wildman–Crippen MR) is 82.4 cm³/mol. The number of hydrogen-bond donors (Lipinski definition) is 1. The van der Waals surface area contributed by atoms with Gasteiger partial charge in [0, 0.05) is 18.0 Å². The predicted octanol–water partition coefficient (Wildman–Crippen LogP) is 3.37. The second-order valence-electron chi connectivity index (χ2n) is 6.03. The molecule has 106 valence electrons. The third kappa shape index (κ3) is 2.63. The number of hydrogen-bond acceptors (Lipinski definition) is 2. The molecule has 0 radical (unpaired) electrons. The van der Waals surface area contributed by atoms with Gasteiger partial charge >= 0.3 is 0 Å². The average molecular weight is 269 g/mol. The molecule has 0 spiro atoms. The molecule has 0 bridgehead atoms.